The van der Waals surface area contributed by atoms with Crippen LogP contribution in [0.1, 0.15) is 36.6 Å². The van der Waals surface area contributed by atoms with Crippen molar-refractivity contribution < 1.29 is 19.1 Å². The van der Waals surface area contributed by atoms with Crippen molar-refractivity contribution in [1.82, 2.24) is 5.32 Å². The van der Waals surface area contributed by atoms with E-state index in [-0.39, 0.29) is 11.0 Å². The monoisotopic (exact) mass is 447 g/mol. The van der Waals surface area contributed by atoms with Crippen LogP contribution < -0.4 is 16.0 Å². The molecule has 162 valence electrons. The highest BCUT2D eigenvalue weighted by molar-refractivity contribution is 7.80. The minimum Gasteiger partial charge on any atom is -0.465 e. The molecule has 0 spiro atoms. The van der Waals surface area contributed by atoms with E-state index in [2.05, 4.69) is 20.7 Å². The number of rotatable bonds is 5. The van der Waals surface area contributed by atoms with E-state index in [1.54, 1.807) is 30.3 Å². The third kappa shape index (κ3) is 5.77. The number of hydrogen-bond donors (Lipinski definition) is 3. The van der Waals surface area contributed by atoms with Crippen LogP contribution in [0.2, 0.25) is 0 Å². The van der Waals surface area contributed by atoms with Crippen LogP contribution in [0.25, 0.3) is 0 Å². The first-order valence-electron chi connectivity index (χ1n) is 9.65. The molecule has 0 aliphatic rings. The van der Waals surface area contributed by atoms with Crippen molar-refractivity contribution in [3.8, 4) is 0 Å². The number of thiocarbonyl (C=S) groups is 1. The first kappa shape index (κ1) is 22.6. The smallest absolute Gasteiger partial charge is 0.337 e. The number of benzene rings is 3. The van der Waals surface area contributed by atoms with Crippen molar-refractivity contribution in [2.45, 2.75) is 6.92 Å². The fourth-order valence-corrected chi connectivity index (χ4v) is 3.09. The average Bonchev–Trinajstić information content (AvgIpc) is 2.80. The Bertz CT molecular complexity index is 1160. The normalized spacial score (nSPS) is 10.1. The van der Waals surface area contributed by atoms with Crippen LogP contribution in [0.3, 0.4) is 0 Å². The van der Waals surface area contributed by atoms with Gasteiger partial charge >= 0.3 is 5.97 Å². The van der Waals surface area contributed by atoms with Gasteiger partial charge in [-0.25, -0.2) is 4.79 Å². The number of nitrogens with one attached hydrogen (secondary N) is 3. The van der Waals surface area contributed by atoms with Gasteiger partial charge in [-0.3, -0.25) is 14.9 Å². The molecule has 0 saturated heterocycles. The molecule has 32 heavy (non-hydrogen) atoms. The molecule has 7 nitrogen and oxygen atoms in total. The van der Waals surface area contributed by atoms with E-state index in [0.29, 0.717) is 28.1 Å². The number of esters is 1. The highest BCUT2D eigenvalue weighted by Gasteiger charge is 2.11. The molecule has 0 atom stereocenters. The van der Waals surface area contributed by atoms with E-state index in [4.69, 9.17) is 12.2 Å². The number of anilines is 2. The lowest BCUT2D eigenvalue weighted by molar-refractivity contribution is 0.0600. The van der Waals surface area contributed by atoms with E-state index < -0.39 is 11.9 Å². The van der Waals surface area contributed by atoms with Gasteiger partial charge in [-0.1, -0.05) is 18.2 Å². The lowest BCUT2D eigenvalue weighted by atomic mass is 10.1. The third-order valence-electron chi connectivity index (χ3n) is 4.59. The van der Waals surface area contributed by atoms with Crippen LogP contribution in [0.15, 0.2) is 72.8 Å². The summed E-state index contributed by atoms with van der Waals surface area (Å²) >= 11 is 5.19. The van der Waals surface area contributed by atoms with Crippen LogP contribution in [-0.4, -0.2) is 30.0 Å². The van der Waals surface area contributed by atoms with E-state index in [9.17, 15) is 14.4 Å². The summed E-state index contributed by atoms with van der Waals surface area (Å²) in [5, 5.41) is 8.46. The summed E-state index contributed by atoms with van der Waals surface area (Å²) in [4.78, 5) is 36.2. The number of aryl methyl sites for hydroxylation is 1. The van der Waals surface area contributed by atoms with Gasteiger partial charge < -0.3 is 15.4 Å². The molecule has 0 aliphatic carbocycles. The van der Waals surface area contributed by atoms with Gasteiger partial charge in [-0.15, -0.1) is 0 Å². The van der Waals surface area contributed by atoms with Gasteiger partial charge in [0.25, 0.3) is 11.8 Å². The number of methoxy groups -OCH3 is 1. The molecular weight excluding hydrogens is 426 g/mol. The largest absolute Gasteiger partial charge is 0.465 e. The van der Waals surface area contributed by atoms with Crippen molar-refractivity contribution in [3.63, 3.8) is 0 Å². The Kier molecular flexibility index (Phi) is 7.30. The van der Waals surface area contributed by atoms with Crippen molar-refractivity contribution in [2.24, 2.45) is 0 Å². The number of carbonyl (C=O) groups excluding carboxylic acids is 3. The van der Waals surface area contributed by atoms with E-state index in [1.165, 1.54) is 31.4 Å². The maximum absolute atomic E-state index is 12.4. The Morgan fingerprint density at radius 1 is 0.750 bits per heavy atom. The van der Waals surface area contributed by atoms with Gasteiger partial charge in [-0.05, 0) is 79.3 Å². The summed E-state index contributed by atoms with van der Waals surface area (Å²) in [6, 6.07) is 20.3. The van der Waals surface area contributed by atoms with Crippen LogP contribution in [0.5, 0.6) is 0 Å². The van der Waals surface area contributed by atoms with Gasteiger partial charge in [0.05, 0.1) is 12.7 Å². The fourth-order valence-electron chi connectivity index (χ4n) is 2.88. The van der Waals surface area contributed by atoms with E-state index in [1.807, 2.05) is 25.1 Å². The summed E-state index contributed by atoms with van der Waals surface area (Å²) in [6.45, 7) is 1.88. The quantitative estimate of drug-likeness (QED) is 0.401. The average molecular weight is 448 g/mol. The van der Waals surface area contributed by atoms with E-state index in [0.717, 1.165) is 5.56 Å². The predicted octanol–water partition coefficient (Wildman–Crippen LogP) is 4.16. The Morgan fingerprint density at radius 2 is 1.31 bits per heavy atom. The number of amides is 2. The van der Waals surface area contributed by atoms with Crippen LogP contribution >= 0.6 is 12.2 Å². The van der Waals surface area contributed by atoms with Gasteiger partial charge in [0, 0.05) is 22.5 Å². The maximum atomic E-state index is 12.4. The standard InChI is InChI=1S/C24H21N3O4S/c1-15-5-3-4-6-20(15)22(29)25-18-11-13-19(14-12-18)26-24(32)27-21(28)16-7-9-17(10-8-16)23(30)31-2/h3-14H,1-2H3,(H,25,29)(H2,26,27,28,32). The molecule has 0 heterocycles. The predicted molar refractivity (Wildman–Crippen MR) is 127 cm³/mol. The summed E-state index contributed by atoms with van der Waals surface area (Å²) < 4.78 is 4.63. The summed E-state index contributed by atoms with van der Waals surface area (Å²) in [7, 11) is 1.29. The van der Waals surface area contributed by atoms with Crippen LogP contribution in [0, 0.1) is 6.92 Å². The molecule has 2 amide bonds. The Balaban J connectivity index is 1.55. The topological polar surface area (TPSA) is 96.5 Å². The molecule has 0 fully saturated rings. The number of hydrogen-bond acceptors (Lipinski definition) is 5. The molecule has 8 heteroatoms. The molecule has 3 aromatic rings. The fraction of sp³-hybridized carbons (Fsp3) is 0.0833. The first-order valence-corrected chi connectivity index (χ1v) is 10.1. The van der Waals surface area contributed by atoms with Crippen molar-refractivity contribution in [3.05, 3.63) is 95.1 Å². The summed E-state index contributed by atoms with van der Waals surface area (Å²) in [5.74, 6) is -1.08. The maximum Gasteiger partial charge on any atom is 0.337 e. The number of carbonyl (C=O) groups is 3. The zero-order chi connectivity index (χ0) is 23.1. The van der Waals surface area contributed by atoms with Gasteiger partial charge in [0.15, 0.2) is 5.11 Å². The Hall–Kier alpha value is -4.04. The molecule has 0 aliphatic heterocycles. The Morgan fingerprint density at radius 3 is 1.91 bits per heavy atom. The SMILES string of the molecule is COC(=O)c1ccc(C(=O)NC(=S)Nc2ccc(NC(=O)c3ccccc3C)cc2)cc1. The van der Waals surface area contributed by atoms with Gasteiger partial charge in [-0.2, -0.15) is 0 Å². The molecule has 3 aromatic carbocycles. The van der Waals surface area contributed by atoms with Crippen molar-refractivity contribution in [1.29, 1.82) is 0 Å². The second-order valence-electron chi connectivity index (χ2n) is 6.82. The lowest BCUT2D eigenvalue weighted by Crippen LogP contribution is -2.34. The zero-order valence-corrected chi connectivity index (χ0v) is 18.3. The zero-order valence-electron chi connectivity index (χ0n) is 17.5. The van der Waals surface area contributed by atoms with Crippen LogP contribution in [0.4, 0.5) is 11.4 Å². The lowest BCUT2D eigenvalue weighted by Gasteiger charge is -2.11. The molecule has 0 radical (unpaired) electrons. The molecule has 0 aromatic heterocycles. The molecule has 0 bridgehead atoms. The molecule has 3 N–H and O–H groups in total. The molecule has 3 rings (SSSR count). The summed E-state index contributed by atoms with van der Waals surface area (Å²) in [6.07, 6.45) is 0. The Labute approximate surface area is 190 Å². The van der Waals surface area contributed by atoms with Crippen molar-refractivity contribution >= 4 is 46.5 Å². The second kappa shape index (κ2) is 10.3. The molecular formula is C24H21N3O4S. The minimum absolute atomic E-state index is 0.115. The third-order valence-corrected chi connectivity index (χ3v) is 4.79. The number of ether oxygens (including phenoxy) is 1. The summed E-state index contributed by atoms with van der Waals surface area (Å²) in [5.41, 5.74) is 3.47. The van der Waals surface area contributed by atoms with Crippen LogP contribution in [-0.2, 0) is 4.74 Å². The second-order valence-corrected chi connectivity index (χ2v) is 7.23. The highest BCUT2D eigenvalue weighted by atomic mass is 32.1. The van der Waals surface area contributed by atoms with E-state index >= 15 is 0 Å². The molecule has 0 saturated carbocycles. The molecule has 0 unspecified atom stereocenters. The van der Waals surface area contributed by atoms with Gasteiger partial charge in [0.2, 0.25) is 0 Å². The van der Waals surface area contributed by atoms with Crippen molar-refractivity contribution in [2.75, 3.05) is 17.7 Å². The first-order chi connectivity index (χ1) is 15.4. The minimum atomic E-state index is -0.479. The highest BCUT2D eigenvalue weighted by Crippen LogP contribution is 2.16. The van der Waals surface area contributed by atoms with Gasteiger partial charge in [0.1, 0.15) is 0 Å².